The number of carbonyl (C=O) groups excluding carboxylic acids is 2. The third-order valence-electron chi connectivity index (χ3n) is 4.91. The lowest BCUT2D eigenvalue weighted by Crippen LogP contribution is -2.39. The minimum atomic E-state index is -0.511. The summed E-state index contributed by atoms with van der Waals surface area (Å²) < 4.78 is 16.1. The maximum Gasteiger partial charge on any atom is 0.257 e. The minimum absolute atomic E-state index is 0.234. The van der Waals surface area contributed by atoms with Gasteiger partial charge in [0.1, 0.15) is 18.0 Å². The Morgan fingerprint density at radius 2 is 1.58 bits per heavy atom. The molecule has 172 valence electrons. The quantitative estimate of drug-likeness (QED) is 0.380. The first-order chi connectivity index (χ1) is 15.9. The molecule has 4 N–H and O–H groups in total. The van der Waals surface area contributed by atoms with Gasteiger partial charge in [0, 0.05) is 36.7 Å². The Labute approximate surface area is 191 Å². The zero-order valence-electron chi connectivity index (χ0n) is 18.5. The number of hydrogen-bond acceptors (Lipinski definition) is 6. The number of guanidine groups is 1. The highest BCUT2D eigenvalue weighted by atomic mass is 16.6. The van der Waals surface area contributed by atoms with E-state index in [0.29, 0.717) is 22.7 Å². The van der Waals surface area contributed by atoms with Gasteiger partial charge in [-0.25, -0.2) is 0 Å². The second-order valence-corrected chi connectivity index (χ2v) is 7.08. The molecule has 0 bridgehead atoms. The number of hydrogen-bond donors (Lipinski definition) is 4. The van der Waals surface area contributed by atoms with Gasteiger partial charge in [0.25, 0.3) is 11.8 Å². The van der Waals surface area contributed by atoms with Gasteiger partial charge in [-0.3, -0.25) is 20.3 Å². The lowest BCUT2D eigenvalue weighted by Gasteiger charge is -2.28. The number of anilines is 2. The summed E-state index contributed by atoms with van der Waals surface area (Å²) >= 11 is 0. The zero-order valence-corrected chi connectivity index (χ0v) is 18.5. The van der Waals surface area contributed by atoms with Crippen molar-refractivity contribution in [2.45, 2.75) is 12.2 Å². The highest BCUT2D eigenvalue weighted by Crippen LogP contribution is 2.23. The van der Waals surface area contributed by atoms with E-state index in [1.165, 1.54) is 21.3 Å². The molecule has 0 heterocycles. The maximum absolute atomic E-state index is 12.7. The molecule has 0 aliphatic heterocycles. The van der Waals surface area contributed by atoms with Gasteiger partial charge in [0.05, 0.1) is 7.11 Å². The molecule has 2 atom stereocenters. The van der Waals surface area contributed by atoms with Crippen molar-refractivity contribution in [2.24, 2.45) is 0 Å². The van der Waals surface area contributed by atoms with Crippen molar-refractivity contribution in [1.82, 2.24) is 5.32 Å². The van der Waals surface area contributed by atoms with Crippen LogP contribution in [0.25, 0.3) is 0 Å². The van der Waals surface area contributed by atoms with Crippen molar-refractivity contribution >= 4 is 29.1 Å². The Morgan fingerprint density at radius 3 is 2.21 bits per heavy atom. The third-order valence-corrected chi connectivity index (χ3v) is 4.91. The smallest absolute Gasteiger partial charge is 0.257 e. The van der Waals surface area contributed by atoms with E-state index >= 15 is 0 Å². The summed E-state index contributed by atoms with van der Waals surface area (Å²) in [6, 6.07) is 15.7. The molecule has 0 saturated heterocycles. The van der Waals surface area contributed by atoms with E-state index in [0.717, 1.165) is 0 Å². The second kappa shape index (κ2) is 11.1. The second-order valence-electron chi connectivity index (χ2n) is 7.08. The summed E-state index contributed by atoms with van der Waals surface area (Å²) in [5.41, 5.74) is 1.88. The minimum Gasteiger partial charge on any atom is -0.498 e. The topological polar surface area (TPSA) is 122 Å². The molecule has 2 aromatic carbocycles. The number of rotatable bonds is 7. The number of benzene rings is 2. The van der Waals surface area contributed by atoms with Crippen LogP contribution < -0.4 is 16.0 Å². The summed E-state index contributed by atoms with van der Waals surface area (Å²) in [6.45, 7) is 0. The van der Waals surface area contributed by atoms with Gasteiger partial charge in [-0.15, -0.1) is 0 Å². The molecule has 0 saturated carbocycles. The number of methoxy groups -OCH3 is 3. The molecule has 1 aliphatic carbocycles. The molecule has 0 fully saturated rings. The fourth-order valence-electron chi connectivity index (χ4n) is 3.30. The summed E-state index contributed by atoms with van der Waals surface area (Å²) in [7, 11) is 4.52. The monoisotopic (exact) mass is 450 g/mol. The van der Waals surface area contributed by atoms with Crippen molar-refractivity contribution in [3.63, 3.8) is 0 Å². The van der Waals surface area contributed by atoms with Crippen molar-refractivity contribution in [2.75, 3.05) is 32.0 Å². The summed E-state index contributed by atoms with van der Waals surface area (Å²) in [5, 5.41) is 16.2. The molecule has 0 spiro atoms. The van der Waals surface area contributed by atoms with Crippen LogP contribution in [-0.2, 0) is 19.0 Å². The van der Waals surface area contributed by atoms with Crippen molar-refractivity contribution in [3.8, 4) is 0 Å². The fourth-order valence-corrected chi connectivity index (χ4v) is 3.30. The van der Waals surface area contributed by atoms with E-state index in [9.17, 15) is 9.59 Å². The average Bonchev–Trinajstić information content (AvgIpc) is 2.83. The predicted molar refractivity (Wildman–Crippen MR) is 125 cm³/mol. The van der Waals surface area contributed by atoms with E-state index in [-0.39, 0.29) is 17.4 Å². The molecule has 0 radical (unpaired) electrons. The largest absolute Gasteiger partial charge is 0.498 e. The molecule has 9 nitrogen and oxygen atoms in total. The molecule has 0 aromatic heterocycles. The molecule has 2 amide bonds. The lowest BCUT2D eigenvalue weighted by molar-refractivity contribution is -0.116. The van der Waals surface area contributed by atoms with Crippen molar-refractivity contribution < 1.29 is 23.8 Å². The fraction of sp³-hybridized carbons (Fsp3) is 0.208. The Balaban J connectivity index is 1.63. The Morgan fingerprint density at radius 1 is 0.879 bits per heavy atom. The number of amides is 2. The lowest BCUT2D eigenvalue weighted by atomic mass is 9.99. The molecule has 1 aliphatic rings. The Bertz CT molecular complexity index is 1080. The SMILES string of the molecule is COC1=CC(C(=O)NC(=N)Nc2cccc(NC(=O)c3ccccc3)c2)=CC(OC)C1OC. The normalized spacial score (nSPS) is 17.3. The van der Waals surface area contributed by atoms with E-state index < -0.39 is 18.1 Å². The van der Waals surface area contributed by atoms with Crippen LogP contribution in [0.2, 0.25) is 0 Å². The van der Waals surface area contributed by atoms with Gasteiger partial charge in [-0.2, -0.15) is 0 Å². The molecular formula is C24H26N4O5. The molecule has 2 aromatic rings. The average molecular weight is 450 g/mol. The molecular weight excluding hydrogens is 424 g/mol. The summed E-state index contributed by atoms with van der Waals surface area (Å²) in [4.78, 5) is 25.0. The third kappa shape index (κ3) is 6.06. The highest BCUT2D eigenvalue weighted by Gasteiger charge is 2.30. The van der Waals surface area contributed by atoms with Crippen LogP contribution in [0.5, 0.6) is 0 Å². The van der Waals surface area contributed by atoms with E-state index in [4.69, 9.17) is 19.6 Å². The van der Waals surface area contributed by atoms with E-state index in [1.807, 2.05) is 6.07 Å². The predicted octanol–water partition coefficient (Wildman–Crippen LogP) is 2.90. The molecule has 33 heavy (non-hydrogen) atoms. The highest BCUT2D eigenvalue weighted by molar-refractivity contribution is 6.10. The van der Waals surface area contributed by atoms with Gasteiger partial charge >= 0.3 is 0 Å². The van der Waals surface area contributed by atoms with Gasteiger partial charge in [-0.05, 0) is 42.5 Å². The van der Waals surface area contributed by atoms with Crippen LogP contribution in [0.3, 0.4) is 0 Å². The maximum atomic E-state index is 12.7. The summed E-state index contributed by atoms with van der Waals surface area (Å²) in [5.74, 6) is -0.545. The molecule has 9 heteroatoms. The van der Waals surface area contributed by atoms with E-state index in [2.05, 4.69) is 16.0 Å². The zero-order chi connectivity index (χ0) is 23.8. The van der Waals surface area contributed by atoms with Crippen LogP contribution >= 0.6 is 0 Å². The van der Waals surface area contributed by atoms with Crippen LogP contribution in [-0.4, -0.2) is 51.3 Å². The molecule has 2 unspecified atom stereocenters. The Kier molecular flexibility index (Phi) is 7.96. The first kappa shape index (κ1) is 23.7. The standard InChI is InChI=1S/C24H26N4O5/c1-31-19-12-16(13-20(32-2)21(19)33-3)23(30)28-24(25)27-18-11-7-10-17(14-18)26-22(29)15-8-5-4-6-9-15/h4-14,19,21H,1-3H3,(H,26,29)(H3,25,27,28,30). The number of carbonyl (C=O) groups is 2. The Hall–Kier alpha value is -3.95. The first-order valence-electron chi connectivity index (χ1n) is 10.1. The van der Waals surface area contributed by atoms with Crippen molar-refractivity contribution in [1.29, 1.82) is 5.41 Å². The van der Waals surface area contributed by atoms with Crippen LogP contribution in [0.15, 0.2) is 78.1 Å². The van der Waals surface area contributed by atoms with Crippen molar-refractivity contribution in [3.05, 3.63) is 83.6 Å². The van der Waals surface area contributed by atoms with Gasteiger partial charge in [0.2, 0.25) is 0 Å². The summed E-state index contributed by atoms with van der Waals surface area (Å²) in [6.07, 6.45) is 2.18. The number of nitrogens with one attached hydrogen (secondary N) is 4. The number of ether oxygens (including phenoxy) is 3. The van der Waals surface area contributed by atoms with Gasteiger partial charge in [-0.1, -0.05) is 24.3 Å². The first-order valence-corrected chi connectivity index (χ1v) is 10.1. The molecule has 3 rings (SSSR count). The van der Waals surface area contributed by atoms with Gasteiger partial charge in [0.15, 0.2) is 5.96 Å². The van der Waals surface area contributed by atoms with Crippen LogP contribution in [0.1, 0.15) is 10.4 Å². The van der Waals surface area contributed by atoms with Crippen LogP contribution in [0.4, 0.5) is 11.4 Å². The van der Waals surface area contributed by atoms with Crippen LogP contribution in [0, 0.1) is 5.41 Å². The van der Waals surface area contributed by atoms with E-state index in [1.54, 1.807) is 60.7 Å². The van der Waals surface area contributed by atoms with Gasteiger partial charge < -0.3 is 24.8 Å².